The van der Waals surface area contributed by atoms with Crippen LogP contribution >= 0.6 is 11.6 Å². The first-order chi connectivity index (χ1) is 11.1. The lowest BCUT2D eigenvalue weighted by Crippen LogP contribution is -2.40. The van der Waals surface area contributed by atoms with Gasteiger partial charge < -0.3 is 4.74 Å². The summed E-state index contributed by atoms with van der Waals surface area (Å²) >= 11 is 5.72. The van der Waals surface area contributed by atoms with Crippen molar-refractivity contribution in [1.29, 1.82) is 0 Å². The van der Waals surface area contributed by atoms with Crippen LogP contribution in [0.15, 0.2) is 33.9 Å². The summed E-state index contributed by atoms with van der Waals surface area (Å²) < 4.78 is 7.47. The number of hydrogen-bond acceptors (Lipinski definition) is 4. The van der Waals surface area contributed by atoms with Gasteiger partial charge in [-0.15, -0.1) is 11.6 Å². The number of hydrogen-bond donors (Lipinski definition) is 0. The van der Waals surface area contributed by atoms with Gasteiger partial charge in [-0.1, -0.05) is 12.1 Å². The normalized spacial score (nSPS) is 10.9. The van der Waals surface area contributed by atoms with Gasteiger partial charge in [0.1, 0.15) is 0 Å². The Morgan fingerprint density at radius 1 is 1.17 bits per heavy atom. The van der Waals surface area contributed by atoms with Gasteiger partial charge in [-0.25, -0.2) is 4.79 Å². The smallest absolute Gasteiger partial charge is 0.331 e. The Labute approximate surface area is 138 Å². The third-order valence-corrected chi connectivity index (χ3v) is 3.76. The van der Waals surface area contributed by atoms with Crippen LogP contribution in [0.25, 0.3) is 10.9 Å². The maximum atomic E-state index is 12.6. The van der Waals surface area contributed by atoms with Crippen LogP contribution in [0.5, 0.6) is 0 Å². The van der Waals surface area contributed by atoms with E-state index in [-0.39, 0.29) is 19.6 Å². The van der Waals surface area contributed by atoms with E-state index in [1.807, 2.05) is 0 Å². The molecular formula is C16H19ClN2O4. The number of esters is 1. The molecule has 0 fully saturated rings. The summed E-state index contributed by atoms with van der Waals surface area (Å²) in [5.41, 5.74) is -0.236. The van der Waals surface area contributed by atoms with E-state index >= 15 is 0 Å². The van der Waals surface area contributed by atoms with E-state index in [0.29, 0.717) is 29.7 Å². The number of ether oxygens (including phenoxy) is 1. The second kappa shape index (κ2) is 7.97. The molecule has 1 aromatic heterocycles. The average molecular weight is 339 g/mol. The number of rotatable bonds is 7. The van der Waals surface area contributed by atoms with E-state index in [0.717, 1.165) is 4.57 Å². The summed E-state index contributed by atoms with van der Waals surface area (Å²) in [5.74, 6) is -0.0119. The molecule has 2 aromatic rings. The second-order valence-electron chi connectivity index (χ2n) is 5.01. The molecule has 0 aliphatic rings. The predicted molar refractivity (Wildman–Crippen MR) is 89.1 cm³/mol. The third-order valence-electron chi connectivity index (χ3n) is 3.49. The van der Waals surface area contributed by atoms with Gasteiger partial charge >= 0.3 is 11.7 Å². The lowest BCUT2D eigenvalue weighted by molar-refractivity contribution is -0.143. The lowest BCUT2D eigenvalue weighted by atomic mass is 10.2. The number of benzene rings is 1. The summed E-state index contributed by atoms with van der Waals surface area (Å²) in [7, 11) is 0. The number of nitrogens with zero attached hydrogens (tertiary/aromatic N) is 2. The monoisotopic (exact) mass is 338 g/mol. The average Bonchev–Trinajstić information content (AvgIpc) is 2.55. The minimum Gasteiger partial charge on any atom is -0.466 e. The Kier molecular flexibility index (Phi) is 5.98. The molecule has 1 heterocycles. The van der Waals surface area contributed by atoms with Gasteiger partial charge in [0.2, 0.25) is 0 Å². The van der Waals surface area contributed by atoms with Crippen LogP contribution in [-0.4, -0.2) is 27.6 Å². The molecule has 0 radical (unpaired) electrons. The van der Waals surface area contributed by atoms with Gasteiger partial charge in [0, 0.05) is 19.0 Å². The fourth-order valence-electron chi connectivity index (χ4n) is 2.44. The number of halogens is 1. The highest BCUT2D eigenvalue weighted by Crippen LogP contribution is 2.08. The quantitative estimate of drug-likeness (QED) is 0.569. The summed E-state index contributed by atoms with van der Waals surface area (Å²) in [5, 5.41) is 0.450. The van der Waals surface area contributed by atoms with Gasteiger partial charge in [-0.05, 0) is 25.5 Å². The first kappa shape index (κ1) is 17.3. The van der Waals surface area contributed by atoms with E-state index < -0.39 is 17.2 Å². The van der Waals surface area contributed by atoms with Crippen LogP contribution in [0, 0.1) is 0 Å². The van der Waals surface area contributed by atoms with E-state index in [4.69, 9.17) is 16.3 Å². The van der Waals surface area contributed by atoms with E-state index in [2.05, 4.69) is 0 Å². The Morgan fingerprint density at radius 3 is 2.61 bits per heavy atom. The van der Waals surface area contributed by atoms with E-state index in [9.17, 15) is 14.4 Å². The van der Waals surface area contributed by atoms with Crippen molar-refractivity contribution in [3.05, 3.63) is 45.1 Å². The molecule has 23 heavy (non-hydrogen) atoms. The molecule has 0 amide bonds. The molecule has 0 atom stereocenters. The molecule has 0 saturated carbocycles. The molecule has 1 aromatic carbocycles. The zero-order valence-corrected chi connectivity index (χ0v) is 13.7. The second-order valence-corrected chi connectivity index (χ2v) is 5.38. The SMILES string of the molecule is CCOC(=O)CCn1c(=O)c2ccccc2n(CCCCl)c1=O. The Morgan fingerprint density at radius 2 is 1.91 bits per heavy atom. The van der Waals surface area contributed by atoms with Crippen LogP contribution in [-0.2, 0) is 22.6 Å². The maximum absolute atomic E-state index is 12.6. The number of carbonyl (C=O) groups excluding carboxylic acids is 1. The molecule has 0 bridgehead atoms. The Hall–Kier alpha value is -2.08. The van der Waals surface area contributed by atoms with Crippen LogP contribution in [0.1, 0.15) is 19.8 Å². The molecule has 0 N–H and O–H groups in total. The van der Waals surface area contributed by atoms with Crippen molar-refractivity contribution in [3.8, 4) is 0 Å². The lowest BCUT2D eigenvalue weighted by Gasteiger charge is -2.13. The van der Waals surface area contributed by atoms with Crippen LogP contribution in [0.2, 0.25) is 0 Å². The topological polar surface area (TPSA) is 70.3 Å². The van der Waals surface area contributed by atoms with Crippen LogP contribution < -0.4 is 11.2 Å². The number of fused-ring (bicyclic) bond motifs is 1. The number of aryl methyl sites for hydroxylation is 1. The zero-order chi connectivity index (χ0) is 16.8. The molecule has 7 heteroatoms. The molecule has 0 aliphatic carbocycles. The molecular weight excluding hydrogens is 320 g/mol. The molecule has 6 nitrogen and oxygen atoms in total. The van der Waals surface area contributed by atoms with Crippen molar-refractivity contribution in [1.82, 2.24) is 9.13 Å². The summed E-state index contributed by atoms with van der Waals surface area (Å²) in [4.78, 5) is 36.6. The van der Waals surface area contributed by atoms with Crippen molar-refractivity contribution >= 4 is 28.5 Å². The standard InChI is InChI=1S/C16H19ClN2O4/c1-2-23-14(20)8-11-19-15(21)12-6-3-4-7-13(12)18(16(19)22)10-5-9-17/h3-4,6-7H,2,5,8-11H2,1H3. The summed E-state index contributed by atoms with van der Waals surface area (Å²) in [6, 6.07) is 6.94. The fraction of sp³-hybridized carbons (Fsp3) is 0.438. The molecule has 0 spiro atoms. The number of aromatic nitrogens is 2. The van der Waals surface area contributed by atoms with E-state index in [1.54, 1.807) is 31.2 Å². The van der Waals surface area contributed by atoms with Crippen molar-refractivity contribution in [2.45, 2.75) is 32.9 Å². The van der Waals surface area contributed by atoms with E-state index in [1.165, 1.54) is 4.57 Å². The largest absolute Gasteiger partial charge is 0.466 e. The highest BCUT2D eigenvalue weighted by atomic mass is 35.5. The van der Waals surface area contributed by atoms with Crippen LogP contribution in [0.4, 0.5) is 0 Å². The Bertz CT molecular complexity index is 810. The fourth-order valence-corrected chi connectivity index (χ4v) is 2.56. The number of para-hydroxylation sites is 1. The third kappa shape index (κ3) is 3.82. The Balaban J connectivity index is 2.49. The first-order valence-corrected chi connectivity index (χ1v) is 8.07. The molecule has 0 unspecified atom stereocenters. The van der Waals surface area contributed by atoms with Gasteiger partial charge in [0.15, 0.2) is 0 Å². The minimum absolute atomic E-state index is 0.00219. The zero-order valence-electron chi connectivity index (χ0n) is 13.0. The number of carbonyl (C=O) groups is 1. The van der Waals surface area contributed by atoms with Gasteiger partial charge in [-0.2, -0.15) is 0 Å². The van der Waals surface area contributed by atoms with Gasteiger partial charge in [0.05, 0.1) is 23.9 Å². The van der Waals surface area contributed by atoms with Crippen molar-refractivity contribution in [3.63, 3.8) is 0 Å². The van der Waals surface area contributed by atoms with Gasteiger partial charge in [0.25, 0.3) is 5.56 Å². The highest BCUT2D eigenvalue weighted by Gasteiger charge is 2.13. The molecule has 2 rings (SSSR count). The predicted octanol–water partition coefficient (Wildman–Crippen LogP) is 1.75. The van der Waals surface area contributed by atoms with Crippen molar-refractivity contribution < 1.29 is 9.53 Å². The first-order valence-electron chi connectivity index (χ1n) is 7.54. The molecule has 124 valence electrons. The van der Waals surface area contributed by atoms with Crippen LogP contribution in [0.3, 0.4) is 0 Å². The van der Waals surface area contributed by atoms with Crippen molar-refractivity contribution in [2.24, 2.45) is 0 Å². The molecule has 0 aliphatic heterocycles. The number of alkyl halides is 1. The van der Waals surface area contributed by atoms with Crippen molar-refractivity contribution in [2.75, 3.05) is 12.5 Å². The highest BCUT2D eigenvalue weighted by molar-refractivity contribution is 6.17. The minimum atomic E-state index is -0.431. The molecule has 0 saturated heterocycles. The summed E-state index contributed by atoms with van der Waals surface area (Å²) in [6.07, 6.45) is 0.596. The van der Waals surface area contributed by atoms with Gasteiger partial charge in [-0.3, -0.25) is 18.7 Å². The summed E-state index contributed by atoms with van der Waals surface area (Å²) in [6.45, 7) is 2.40. The maximum Gasteiger partial charge on any atom is 0.331 e.